The van der Waals surface area contributed by atoms with Gasteiger partial charge in [0.25, 0.3) is 0 Å². The first kappa shape index (κ1) is 22.1. The van der Waals surface area contributed by atoms with Gasteiger partial charge in [0, 0.05) is 31.0 Å². The average Bonchev–Trinajstić information content (AvgIpc) is 2.43. The van der Waals surface area contributed by atoms with Crippen LogP contribution in [0.5, 0.6) is 0 Å². The minimum Gasteiger partial charge on any atom is -0.357 e. The first-order valence-electron chi connectivity index (χ1n) is 7.21. The molecule has 1 aromatic heterocycles. The number of sulfonamides is 1. The molecule has 0 saturated heterocycles. The summed E-state index contributed by atoms with van der Waals surface area (Å²) in [6.07, 6.45) is 2.85. The number of nitrogens with one attached hydrogen (secondary N) is 3. The van der Waals surface area contributed by atoms with E-state index in [9.17, 15) is 8.42 Å². The highest BCUT2D eigenvalue weighted by atomic mass is 127. The lowest BCUT2D eigenvalue weighted by Gasteiger charge is -2.23. The van der Waals surface area contributed by atoms with E-state index in [-0.39, 0.29) is 41.0 Å². The second-order valence-electron chi connectivity index (χ2n) is 5.72. The zero-order chi connectivity index (χ0) is 16.6. The lowest BCUT2D eigenvalue weighted by Crippen LogP contribution is -2.47. The van der Waals surface area contributed by atoms with Gasteiger partial charge in [-0.1, -0.05) is 0 Å². The normalized spacial score (nSPS) is 12.4. The minimum atomic E-state index is -3.53. The SMILES string of the molecule is CCNC(=NCCNS(=O)(=O)c1cccnc1)NC(C)(C)C.I. The first-order chi connectivity index (χ1) is 10.2. The zero-order valence-electron chi connectivity index (χ0n) is 14.0. The van der Waals surface area contributed by atoms with Gasteiger partial charge in [-0.05, 0) is 39.8 Å². The molecular formula is C14H26IN5O2S. The van der Waals surface area contributed by atoms with E-state index >= 15 is 0 Å². The molecule has 0 radical (unpaired) electrons. The summed E-state index contributed by atoms with van der Waals surface area (Å²) in [6.45, 7) is 9.37. The van der Waals surface area contributed by atoms with Gasteiger partial charge < -0.3 is 10.6 Å². The molecule has 0 aliphatic heterocycles. The maximum Gasteiger partial charge on any atom is 0.242 e. The van der Waals surface area contributed by atoms with Crippen LogP contribution in [-0.2, 0) is 10.0 Å². The van der Waals surface area contributed by atoms with Gasteiger partial charge in [-0.15, -0.1) is 24.0 Å². The standard InChI is InChI=1S/C14H25N5O2S.HI/c1-5-16-13(19-14(2,3)4)17-9-10-18-22(20,21)12-7-6-8-15-11-12;/h6-8,11,18H,5,9-10H2,1-4H3,(H2,16,17,19);1H. The van der Waals surface area contributed by atoms with Crippen molar-refractivity contribution in [3.8, 4) is 0 Å². The second kappa shape index (κ2) is 10.0. The maximum atomic E-state index is 12.0. The molecule has 7 nitrogen and oxygen atoms in total. The zero-order valence-corrected chi connectivity index (χ0v) is 17.1. The Morgan fingerprint density at radius 3 is 2.57 bits per heavy atom. The van der Waals surface area contributed by atoms with Crippen molar-refractivity contribution in [2.45, 2.75) is 38.1 Å². The van der Waals surface area contributed by atoms with Gasteiger partial charge in [-0.3, -0.25) is 9.98 Å². The summed E-state index contributed by atoms with van der Waals surface area (Å²) in [7, 11) is -3.53. The van der Waals surface area contributed by atoms with E-state index in [0.717, 1.165) is 6.54 Å². The van der Waals surface area contributed by atoms with Crippen LogP contribution >= 0.6 is 24.0 Å². The molecule has 0 saturated carbocycles. The van der Waals surface area contributed by atoms with Crippen molar-refractivity contribution >= 4 is 40.0 Å². The van der Waals surface area contributed by atoms with Crippen molar-refractivity contribution < 1.29 is 8.42 Å². The van der Waals surface area contributed by atoms with Crippen LogP contribution in [0.25, 0.3) is 0 Å². The molecule has 0 aliphatic carbocycles. The van der Waals surface area contributed by atoms with E-state index in [1.54, 1.807) is 6.07 Å². The van der Waals surface area contributed by atoms with E-state index in [1.165, 1.54) is 18.5 Å². The number of guanidine groups is 1. The Morgan fingerprint density at radius 1 is 1.35 bits per heavy atom. The number of pyridine rings is 1. The van der Waals surface area contributed by atoms with Crippen LogP contribution in [0.15, 0.2) is 34.4 Å². The smallest absolute Gasteiger partial charge is 0.242 e. The quantitative estimate of drug-likeness (QED) is 0.261. The molecule has 0 unspecified atom stereocenters. The summed E-state index contributed by atoms with van der Waals surface area (Å²) in [5.74, 6) is 0.663. The minimum absolute atomic E-state index is 0. The first-order valence-corrected chi connectivity index (χ1v) is 8.69. The fourth-order valence-electron chi connectivity index (χ4n) is 1.60. The van der Waals surface area contributed by atoms with Crippen LogP contribution in [0.1, 0.15) is 27.7 Å². The number of hydrogen-bond donors (Lipinski definition) is 3. The van der Waals surface area contributed by atoms with E-state index in [0.29, 0.717) is 12.5 Å². The van der Waals surface area contributed by atoms with Crippen LogP contribution in [0.2, 0.25) is 0 Å². The van der Waals surface area contributed by atoms with Crippen LogP contribution < -0.4 is 15.4 Å². The molecule has 1 rings (SSSR count). The van der Waals surface area contributed by atoms with Gasteiger partial charge in [0.15, 0.2) is 5.96 Å². The molecule has 0 aliphatic rings. The molecule has 0 bridgehead atoms. The average molecular weight is 455 g/mol. The van der Waals surface area contributed by atoms with Crippen LogP contribution in [0.4, 0.5) is 0 Å². The Bertz CT molecular complexity index is 585. The highest BCUT2D eigenvalue weighted by Crippen LogP contribution is 2.04. The largest absolute Gasteiger partial charge is 0.357 e. The predicted octanol–water partition coefficient (Wildman–Crippen LogP) is 1.33. The second-order valence-corrected chi connectivity index (χ2v) is 7.49. The summed E-state index contributed by atoms with van der Waals surface area (Å²) >= 11 is 0. The molecule has 0 atom stereocenters. The number of rotatable bonds is 6. The van der Waals surface area contributed by atoms with Gasteiger partial charge in [0.1, 0.15) is 4.90 Å². The molecule has 1 heterocycles. The third kappa shape index (κ3) is 9.06. The van der Waals surface area contributed by atoms with Crippen LogP contribution in [0, 0.1) is 0 Å². The Labute approximate surface area is 155 Å². The maximum absolute atomic E-state index is 12.0. The van der Waals surface area contributed by atoms with Crippen LogP contribution in [-0.4, -0.2) is 44.5 Å². The summed E-state index contributed by atoms with van der Waals surface area (Å²) in [4.78, 5) is 8.30. The van der Waals surface area contributed by atoms with E-state index < -0.39 is 10.0 Å². The molecule has 9 heteroatoms. The van der Waals surface area contributed by atoms with Crippen molar-refractivity contribution in [3.05, 3.63) is 24.5 Å². The number of nitrogens with zero attached hydrogens (tertiary/aromatic N) is 2. The highest BCUT2D eigenvalue weighted by molar-refractivity contribution is 14.0. The lowest BCUT2D eigenvalue weighted by molar-refractivity contribution is 0.501. The topological polar surface area (TPSA) is 95.5 Å². The van der Waals surface area contributed by atoms with Crippen molar-refractivity contribution in [2.24, 2.45) is 4.99 Å². The number of halogens is 1. The Kier molecular flexibility index (Phi) is 9.63. The monoisotopic (exact) mass is 455 g/mol. The van der Waals surface area contributed by atoms with E-state index in [4.69, 9.17) is 0 Å². The van der Waals surface area contributed by atoms with Gasteiger partial charge in [-0.25, -0.2) is 13.1 Å². The Morgan fingerprint density at radius 2 is 2.04 bits per heavy atom. The van der Waals surface area contributed by atoms with Crippen LogP contribution in [0.3, 0.4) is 0 Å². The van der Waals surface area contributed by atoms with Gasteiger partial charge >= 0.3 is 0 Å². The molecule has 0 fully saturated rings. The summed E-state index contributed by atoms with van der Waals surface area (Å²) in [6, 6.07) is 3.09. The van der Waals surface area contributed by atoms with Crippen molar-refractivity contribution in [3.63, 3.8) is 0 Å². The number of aromatic nitrogens is 1. The van der Waals surface area contributed by atoms with E-state index in [2.05, 4.69) is 25.3 Å². The molecule has 3 N–H and O–H groups in total. The molecule has 132 valence electrons. The molecule has 0 spiro atoms. The fraction of sp³-hybridized carbons (Fsp3) is 0.571. The molecule has 0 amide bonds. The summed E-state index contributed by atoms with van der Waals surface area (Å²) < 4.78 is 26.5. The fourth-order valence-corrected chi connectivity index (χ4v) is 2.58. The molecule has 23 heavy (non-hydrogen) atoms. The molecule has 1 aromatic rings. The highest BCUT2D eigenvalue weighted by Gasteiger charge is 2.13. The molecular weight excluding hydrogens is 429 g/mol. The van der Waals surface area contributed by atoms with Crippen molar-refractivity contribution in [2.75, 3.05) is 19.6 Å². The lowest BCUT2D eigenvalue weighted by atomic mass is 10.1. The number of aliphatic imine (C=N–C) groups is 1. The van der Waals surface area contributed by atoms with Gasteiger partial charge in [0.2, 0.25) is 10.0 Å². The third-order valence-electron chi connectivity index (χ3n) is 2.46. The van der Waals surface area contributed by atoms with Crippen molar-refractivity contribution in [1.29, 1.82) is 0 Å². The van der Waals surface area contributed by atoms with Gasteiger partial charge in [0.05, 0.1) is 6.54 Å². The third-order valence-corrected chi connectivity index (χ3v) is 3.90. The summed E-state index contributed by atoms with van der Waals surface area (Å²) in [5, 5.41) is 6.36. The Hall–Kier alpha value is -0.940. The Balaban J connectivity index is 0.00000484. The summed E-state index contributed by atoms with van der Waals surface area (Å²) in [5.41, 5.74) is -0.115. The van der Waals surface area contributed by atoms with Crippen molar-refractivity contribution in [1.82, 2.24) is 20.3 Å². The molecule has 0 aromatic carbocycles. The predicted molar refractivity (Wildman–Crippen MR) is 104 cm³/mol. The van der Waals surface area contributed by atoms with E-state index in [1.807, 2.05) is 27.7 Å². The number of hydrogen-bond acceptors (Lipinski definition) is 4. The van der Waals surface area contributed by atoms with Gasteiger partial charge in [-0.2, -0.15) is 0 Å².